The Balaban J connectivity index is 1.76. The summed E-state index contributed by atoms with van der Waals surface area (Å²) in [5.74, 6) is 2.68. The predicted octanol–water partition coefficient (Wildman–Crippen LogP) is 5.24. The van der Waals surface area contributed by atoms with Crippen LogP contribution in [0.25, 0.3) is 16.9 Å². The predicted molar refractivity (Wildman–Crippen MR) is 125 cm³/mol. The molecule has 0 aliphatic carbocycles. The molecule has 0 bridgehead atoms. The van der Waals surface area contributed by atoms with E-state index in [1.54, 1.807) is 12.1 Å². The van der Waals surface area contributed by atoms with Crippen molar-refractivity contribution in [3.05, 3.63) is 71.4 Å². The molecule has 0 saturated heterocycles. The van der Waals surface area contributed by atoms with Crippen LogP contribution in [0.5, 0.6) is 5.75 Å². The van der Waals surface area contributed by atoms with Crippen molar-refractivity contribution in [2.75, 3.05) is 18.5 Å². The van der Waals surface area contributed by atoms with E-state index in [4.69, 9.17) is 19.8 Å². The molecule has 7 heteroatoms. The quantitative estimate of drug-likeness (QED) is 0.391. The highest BCUT2D eigenvalue weighted by Gasteiger charge is 2.18. The molecule has 0 aliphatic heterocycles. The number of aryl methyl sites for hydroxylation is 2. The SMILES string of the molecule is CCCc1nc(C)c2c(NCCc3ccccc3F)nc(-c3ccccc3OCC)nn12. The second-order valence-corrected chi connectivity index (χ2v) is 7.61. The van der Waals surface area contributed by atoms with Crippen molar-refractivity contribution in [2.45, 2.75) is 40.0 Å². The van der Waals surface area contributed by atoms with Crippen molar-refractivity contribution in [3.63, 3.8) is 0 Å². The average Bonchev–Trinajstić information content (AvgIpc) is 3.11. The summed E-state index contributed by atoms with van der Waals surface area (Å²) >= 11 is 0. The zero-order valence-electron chi connectivity index (χ0n) is 18.7. The fourth-order valence-electron chi connectivity index (χ4n) is 3.80. The Morgan fingerprint density at radius 2 is 1.78 bits per heavy atom. The van der Waals surface area contributed by atoms with Gasteiger partial charge in [0.05, 0.1) is 17.9 Å². The molecule has 6 nitrogen and oxygen atoms in total. The van der Waals surface area contributed by atoms with Crippen molar-refractivity contribution in [1.29, 1.82) is 0 Å². The van der Waals surface area contributed by atoms with Crippen LogP contribution in [0.2, 0.25) is 0 Å². The lowest BCUT2D eigenvalue weighted by atomic mass is 10.1. The third-order valence-electron chi connectivity index (χ3n) is 5.28. The monoisotopic (exact) mass is 433 g/mol. The number of hydrogen-bond donors (Lipinski definition) is 1. The number of aromatic nitrogens is 4. The largest absolute Gasteiger partial charge is 0.493 e. The van der Waals surface area contributed by atoms with Gasteiger partial charge in [-0.15, -0.1) is 5.10 Å². The molecule has 2 aromatic carbocycles. The average molecular weight is 434 g/mol. The first-order valence-corrected chi connectivity index (χ1v) is 11.1. The van der Waals surface area contributed by atoms with E-state index in [0.29, 0.717) is 36.8 Å². The number of ether oxygens (including phenoxy) is 1. The molecule has 1 N–H and O–H groups in total. The molecule has 0 amide bonds. The summed E-state index contributed by atoms with van der Waals surface area (Å²) in [6.45, 7) is 7.13. The molecule has 2 aromatic heterocycles. The third-order valence-corrected chi connectivity index (χ3v) is 5.28. The number of rotatable bonds is 9. The summed E-state index contributed by atoms with van der Waals surface area (Å²) in [6, 6.07) is 14.6. The van der Waals surface area contributed by atoms with E-state index in [1.807, 2.05) is 48.7 Å². The number of benzene rings is 2. The Hall–Kier alpha value is -3.48. The molecule has 0 unspecified atom stereocenters. The number of nitrogens with zero attached hydrogens (tertiary/aromatic N) is 4. The molecule has 4 rings (SSSR count). The van der Waals surface area contributed by atoms with Gasteiger partial charge in [-0.3, -0.25) is 0 Å². The fourth-order valence-corrected chi connectivity index (χ4v) is 3.80. The molecule has 0 aliphatic rings. The molecule has 4 aromatic rings. The van der Waals surface area contributed by atoms with Crippen LogP contribution >= 0.6 is 0 Å². The Kier molecular flexibility index (Phi) is 6.63. The number of para-hydroxylation sites is 1. The standard InChI is InChI=1S/C25H28FN5O/c1-4-10-22-28-17(3)23-25(27-16-15-18-11-6-8-13-20(18)26)29-24(30-31(22)23)19-12-7-9-14-21(19)32-5-2/h6-9,11-14H,4-5,10,15-16H2,1-3H3,(H,27,29,30). The van der Waals surface area contributed by atoms with E-state index in [0.717, 1.165) is 41.2 Å². The van der Waals surface area contributed by atoms with E-state index in [1.165, 1.54) is 6.07 Å². The van der Waals surface area contributed by atoms with Gasteiger partial charge in [-0.1, -0.05) is 37.3 Å². The first kappa shape index (κ1) is 21.7. The van der Waals surface area contributed by atoms with Crippen LogP contribution in [0.3, 0.4) is 0 Å². The van der Waals surface area contributed by atoms with E-state index < -0.39 is 0 Å². The molecule has 2 heterocycles. The number of fused-ring (bicyclic) bond motifs is 1. The van der Waals surface area contributed by atoms with Crippen LogP contribution in [-0.4, -0.2) is 32.7 Å². The minimum Gasteiger partial charge on any atom is -0.493 e. The van der Waals surface area contributed by atoms with Gasteiger partial charge in [0.2, 0.25) is 0 Å². The van der Waals surface area contributed by atoms with E-state index in [-0.39, 0.29) is 5.82 Å². The summed E-state index contributed by atoms with van der Waals surface area (Å²) in [7, 11) is 0. The van der Waals surface area contributed by atoms with E-state index in [9.17, 15) is 4.39 Å². The topological polar surface area (TPSA) is 64.3 Å². The lowest BCUT2D eigenvalue weighted by Crippen LogP contribution is -2.12. The fraction of sp³-hybridized carbons (Fsp3) is 0.320. The van der Waals surface area contributed by atoms with Gasteiger partial charge in [0.15, 0.2) is 11.6 Å². The van der Waals surface area contributed by atoms with E-state index in [2.05, 4.69) is 12.2 Å². The number of nitrogens with one attached hydrogen (secondary N) is 1. The molecule has 166 valence electrons. The smallest absolute Gasteiger partial charge is 0.185 e. The van der Waals surface area contributed by atoms with Gasteiger partial charge in [0, 0.05) is 13.0 Å². The van der Waals surface area contributed by atoms with Crippen molar-refractivity contribution < 1.29 is 9.13 Å². The molecule has 32 heavy (non-hydrogen) atoms. The Morgan fingerprint density at radius 3 is 2.56 bits per heavy atom. The zero-order valence-corrected chi connectivity index (χ0v) is 18.7. The maximum atomic E-state index is 14.0. The number of imidazole rings is 1. The van der Waals surface area contributed by atoms with Crippen LogP contribution in [-0.2, 0) is 12.8 Å². The number of halogens is 1. The molecular weight excluding hydrogens is 405 g/mol. The van der Waals surface area contributed by atoms with Gasteiger partial charge in [0.25, 0.3) is 0 Å². The van der Waals surface area contributed by atoms with Gasteiger partial charge < -0.3 is 10.1 Å². The molecule has 0 radical (unpaired) electrons. The highest BCUT2D eigenvalue weighted by molar-refractivity contribution is 5.74. The van der Waals surface area contributed by atoms with Crippen LogP contribution < -0.4 is 10.1 Å². The summed E-state index contributed by atoms with van der Waals surface area (Å²) in [6.07, 6.45) is 2.32. The minimum atomic E-state index is -0.195. The molecule has 0 saturated carbocycles. The number of hydrogen-bond acceptors (Lipinski definition) is 5. The van der Waals surface area contributed by atoms with Crippen LogP contribution in [0.15, 0.2) is 48.5 Å². The van der Waals surface area contributed by atoms with Gasteiger partial charge in [-0.2, -0.15) is 0 Å². The minimum absolute atomic E-state index is 0.195. The van der Waals surface area contributed by atoms with Crippen LogP contribution in [0.4, 0.5) is 10.2 Å². The maximum absolute atomic E-state index is 14.0. The molecule has 0 fully saturated rings. The zero-order chi connectivity index (χ0) is 22.5. The first-order chi connectivity index (χ1) is 15.6. The first-order valence-electron chi connectivity index (χ1n) is 11.1. The van der Waals surface area contributed by atoms with Crippen molar-refractivity contribution >= 4 is 11.3 Å². The third kappa shape index (κ3) is 4.42. The summed E-state index contributed by atoms with van der Waals surface area (Å²) < 4.78 is 21.7. The normalized spacial score (nSPS) is 11.1. The molecule has 0 atom stereocenters. The molecular formula is C25H28FN5O. The second kappa shape index (κ2) is 9.77. The van der Waals surface area contributed by atoms with Crippen molar-refractivity contribution in [2.24, 2.45) is 0 Å². The summed E-state index contributed by atoms with van der Waals surface area (Å²) in [5, 5.41) is 8.23. The van der Waals surface area contributed by atoms with Gasteiger partial charge in [0.1, 0.15) is 22.9 Å². The Labute approximate surface area is 187 Å². The van der Waals surface area contributed by atoms with Gasteiger partial charge in [-0.05, 0) is 50.5 Å². The summed E-state index contributed by atoms with van der Waals surface area (Å²) in [4.78, 5) is 9.59. The van der Waals surface area contributed by atoms with Crippen LogP contribution in [0, 0.1) is 12.7 Å². The Morgan fingerprint density at radius 1 is 1.00 bits per heavy atom. The second-order valence-electron chi connectivity index (χ2n) is 7.61. The molecule has 0 spiro atoms. The lowest BCUT2D eigenvalue weighted by molar-refractivity contribution is 0.341. The van der Waals surface area contributed by atoms with Crippen molar-refractivity contribution in [1.82, 2.24) is 19.6 Å². The van der Waals surface area contributed by atoms with E-state index >= 15 is 0 Å². The maximum Gasteiger partial charge on any atom is 0.185 e. The highest BCUT2D eigenvalue weighted by Crippen LogP contribution is 2.30. The number of anilines is 1. The lowest BCUT2D eigenvalue weighted by Gasteiger charge is -2.13. The van der Waals surface area contributed by atoms with Gasteiger partial charge in [-0.25, -0.2) is 18.9 Å². The van der Waals surface area contributed by atoms with Crippen LogP contribution in [0.1, 0.15) is 37.4 Å². The highest BCUT2D eigenvalue weighted by atomic mass is 19.1. The van der Waals surface area contributed by atoms with Crippen molar-refractivity contribution in [3.8, 4) is 17.1 Å². The summed E-state index contributed by atoms with van der Waals surface area (Å²) in [5.41, 5.74) is 3.21. The van der Waals surface area contributed by atoms with Gasteiger partial charge >= 0.3 is 0 Å². The Bertz CT molecular complexity index is 1220.